The van der Waals surface area contributed by atoms with Gasteiger partial charge in [-0.2, -0.15) is 0 Å². The lowest BCUT2D eigenvalue weighted by molar-refractivity contribution is 0.466. The van der Waals surface area contributed by atoms with Gasteiger partial charge in [0.25, 0.3) is 0 Å². The van der Waals surface area contributed by atoms with E-state index in [0.717, 1.165) is 39.7 Å². The molecule has 1 aliphatic rings. The maximum Gasteiger partial charge on any atom is 0.174 e. The van der Waals surface area contributed by atoms with Gasteiger partial charge in [-0.1, -0.05) is 0 Å². The first-order chi connectivity index (χ1) is 7.74. The van der Waals surface area contributed by atoms with Gasteiger partial charge in [-0.25, -0.2) is 0 Å². The van der Waals surface area contributed by atoms with Crippen LogP contribution in [0, 0.1) is 0 Å². The summed E-state index contributed by atoms with van der Waals surface area (Å²) in [5.74, 6) is 1.98. The lowest BCUT2D eigenvalue weighted by Gasteiger charge is -2.19. The Morgan fingerprint density at radius 1 is 1.44 bits per heavy atom. The molecule has 3 rings (SSSR count). The number of nitrogens with zero attached hydrogens (tertiary/aromatic N) is 3. The highest BCUT2D eigenvalue weighted by Crippen LogP contribution is 2.31. The fourth-order valence-electron chi connectivity index (χ4n) is 1.97. The average Bonchev–Trinajstić information content (AvgIpc) is 2.83. The van der Waals surface area contributed by atoms with E-state index in [-0.39, 0.29) is 6.04 Å². The molecule has 3 heterocycles. The monoisotopic (exact) mass is 298 g/mol. The molecule has 2 N–H and O–H groups in total. The third-order valence-corrected chi connectivity index (χ3v) is 4.41. The van der Waals surface area contributed by atoms with Crippen LogP contribution in [0.15, 0.2) is 15.9 Å². The molecule has 1 aliphatic heterocycles. The quantitative estimate of drug-likeness (QED) is 0.876. The predicted molar refractivity (Wildman–Crippen MR) is 67.3 cm³/mol. The highest BCUT2D eigenvalue weighted by Gasteiger charge is 2.21. The second-order valence-corrected chi connectivity index (χ2v) is 6.41. The number of nitrogens with two attached hydrogens (primary N) is 1. The summed E-state index contributed by atoms with van der Waals surface area (Å²) in [5.41, 5.74) is 5.92. The molecule has 4 nitrogen and oxygen atoms in total. The Bertz CT molecular complexity index is 519. The van der Waals surface area contributed by atoms with E-state index in [1.54, 1.807) is 11.3 Å². The predicted octanol–water partition coefficient (Wildman–Crippen LogP) is 2.04. The molecule has 1 unspecified atom stereocenters. The van der Waals surface area contributed by atoms with Crippen LogP contribution in [-0.4, -0.2) is 20.8 Å². The van der Waals surface area contributed by atoms with Gasteiger partial charge in [-0.05, 0) is 34.5 Å². The van der Waals surface area contributed by atoms with E-state index >= 15 is 0 Å². The zero-order chi connectivity index (χ0) is 11.1. The third kappa shape index (κ3) is 1.70. The molecular weight excluding hydrogens is 288 g/mol. The van der Waals surface area contributed by atoms with E-state index < -0.39 is 0 Å². The summed E-state index contributed by atoms with van der Waals surface area (Å²) in [5, 5.41) is 8.48. The first-order valence-corrected chi connectivity index (χ1v) is 6.78. The maximum atomic E-state index is 5.92. The van der Waals surface area contributed by atoms with Crippen molar-refractivity contribution in [1.82, 2.24) is 14.8 Å². The third-order valence-electron chi connectivity index (χ3n) is 2.79. The standard InChI is InChI=1S/C10H11BrN4S/c11-8-2-1-7(16-8)10-14-13-9-5-6(12)3-4-15(9)10/h1-2,6H,3-5,12H2. The van der Waals surface area contributed by atoms with Gasteiger partial charge in [0, 0.05) is 19.0 Å². The molecule has 0 saturated heterocycles. The van der Waals surface area contributed by atoms with Crippen LogP contribution in [-0.2, 0) is 13.0 Å². The molecule has 1 atom stereocenters. The fourth-order valence-corrected chi connectivity index (χ4v) is 3.35. The summed E-state index contributed by atoms with van der Waals surface area (Å²) in [7, 11) is 0. The molecule has 84 valence electrons. The molecule has 16 heavy (non-hydrogen) atoms. The van der Waals surface area contributed by atoms with Gasteiger partial charge in [0.05, 0.1) is 8.66 Å². The Labute approximate surface area is 106 Å². The summed E-state index contributed by atoms with van der Waals surface area (Å²) in [6.07, 6.45) is 1.84. The SMILES string of the molecule is NC1CCn2c(nnc2-c2ccc(Br)s2)C1. The molecule has 0 aromatic carbocycles. The lowest BCUT2D eigenvalue weighted by Crippen LogP contribution is -2.31. The molecule has 0 saturated carbocycles. The highest BCUT2D eigenvalue weighted by molar-refractivity contribution is 9.11. The van der Waals surface area contributed by atoms with Gasteiger partial charge in [-0.15, -0.1) is 21.5 Å². The van der Waals surface area contributed by atoms with Crippen LogP contribution < -0.4 is 5.73 Å². The van der Waals surface area contributed by atoms with E-state index in [4.69, 9.17) is 5.73 Å². The second kappa shape index (κ2) is 3.94. The van der Waals surface area contributed by atoms with Crippen LogP contribution in [0.4, 0.5) is 0 Å². The van der Waals surface area contributed by atoms with Crippen molar-refractivity contribution in [1.29, 1.82) is 0 Å². The number of hydrogen-bond donors (Lipinski definition) is 1. The van der Waals surface area contributed by atoms with E-state index in [0.29, 0.717) is 0 Å². The number of thiophene rings is 1. The van der Waals surface area contributed by atoms with Gasteiger partial charge in [-0.3, -0.25) is 0 Å². The molecule has 0 amide bonds. The molecule has 2 aromatic rings. The van der Waals surface area contributed by atoms with Crippen molar-refractivity contribution in [2.24, 2.45) is 5.73 Å². The fraction of sp³-hybridized carbons (Fsp3) is 0.400. The summed E-state index contributed by atoms with van der Waals surface area (Å²) < 4.78 is 3.30. The molecule has 0 bridgehead atoms. The number of rotatable bonds is 1. The van der Waals surface area contributed by atoms with Crippen LogP contribution >= 0.6 is 27.3 Å². The number of hydrogen-bond acceptors (Lipinski definition) is 4. The maximum absolute atomic E-state index is 5.92. The van der Waals surface area contributed by atoms with Crippen molar-refractivity contribution in [2.75, 3.05) is 0 Å². The Hall–Kier alpha value is -0.720. The summed E-state index contributed by atoms with van der Waals surface area (Å²) >= 11 is 5.15. The van der Waals surface area contributed by atoms with E-state index in [9.17, 15) is 0 Å². The van der Waals surface area contributed by atoms with Gasteiger partial charge in [0.15, 0.2) is 5.82 Å². The molecule has 2 aromatic heterocycles. The normalized spacial score (nSPS) is 19.8. The van der Waals surface area contributed by atoms with Crippen molar-refractivity contribution < 1.29 is 0 Å². The molecular formula is C10H11BrN4S. The van der Waals surface area contributed by atoms with Crippen LogP contribution in [0.2, 0.25) is 0 Å². The van der Waals surface area contributed by atoms with Gasteiger partial charge in [0.1, 0.15) is 5.82 Å². The molecule has 0 radical (unpaired) electrons. The van der Waals surface area contributed by atoms with Crippen molar-refractivity contribution in [2.45, 2.75) is 25.4 Å². The average molecular weight is 299 g/mol. The Morgan fingerprint density at radius 3 is 3.06 bits per heavy atom. The summed E-state index contributed by atoms with van der Waals surface area (Å²) in [6.45, 7) is 0.925. The first kappa shape index (κ1) is 10.4. The first-order valence-electron chi connectivity index (χ1n) is 5.17. The molecule has 0 fully saturated rings. The molecule has 0 spiro atoms. The lowest BCUT2D eigenvalue weighted by atomic mass is 10.1. The summed E-state index contributed by atoms with van der Waals surface area (Å²) in [6, 6.07) is 4.34. The van der Waals surface area contributed by atoms with Gasteiger partial charge >= 0.3 is 0 Å². The highest BCUT2D eigenvalue weighted by atomic mass is 79.9. The van der Waals surface area contributed by atoms with Crippen LogP contribution in [0.3, 0.4) is 0 Å². The van der Waals surface area contributed by atoms with E-state index in [1.807, 2.05) is 6.07 Å². The molecule has 6 heteroatoms. The van der Waals surface area contributed by atoms with Gasteiger partial charge < -0.3 is 10.3 Å². The van der Waals surface area contributed by atoms with E-state index in [2.05, 4.69) is 36.8 Å². The largest absolute Gasteiger partial charge is 0.327 e. The van der Waals surface area contributed by atoms with Crippen LogP contribution in [0.25, 0.3) is 10.7 Å². The Morgan fingerprint density at radius 2 is 2.31 bits per heavy atom. The smallest absolute Gasteiger partial charge is 0.174 e. The van der Waals surface area contributed by atoms with Crippen molar-refractivity contribution in [3.8, 4) is 10.7 Å². The topological polar surface area (TPSA) is 56.7 Å². The van der Waals surface area contributed by atoms with Crippen molar-refractivity contribution in [3.63, 3.8) is 0 Å². The van der Waals surface area contributed by atoms with E-state index in [1.165, 1.54) is 0 Å². The number of fused-ring (bicyclic) bond motifs is 1. The number of halogens is 1. The second-order valence-electron chi connectivity index (χ2n) is 3.95. The Balaban J connectivity index is 2.03. The Kier molecular flexibility index (Phi) is 2.57. The van der Waals surface area contributed by atoms with Crippen LogP contribution in [0.1, 0.15) is 12.2 Å². The zero-order valence-corrected chi connectivity index (χ0v) is 11.0. The summed E-state index contributed by atoms with van der Waals surface area (Å²) in [4.78, 5) is 1.15. The number of aromatic nitrogens is 3. The van der Waals surface area contributed by atoms with Crippen LogP contribution in [0.5, 0.6) is 0 Å². The zero-order valence-electron chi connectivity index (χ0n) is 8.56. The van der Waals surface area contributed by atoms with Crippen molar-refractivity contribution in [3.05, 3.63) is 21.7 Å². The molecule has 0 aliphatic carbocycles. The minimum Gasteiger partial charge on any atom is -0.327 e. The minimum atomic E-state index is 0.236. The van der Waals surface area contributed by atoms with Gasteiger partial charge in [0.2, 0.25) is 0 Å². The minimum absolute atomic E-state index is 0.236. The van der Waals surface area contributed by atoms with Crippen molar-refractivity contribution >= 4 is 27.3 Å².